The number of ether oxygens (including phenoxy) is 1. The number of amides is 1. The number of piperazine rings is 1. The summed E-state index contributed by atoms with van der Waals surface area (Å²) in [6.45, 7) is 7.81. The van der Waals surface area contributed by atoms with E-state index in [0.29, 0.717) is 38.0 Å². The van der Waals surface area contributed by atoms with E-state index < -0.39 is 0 Å². The normalized spacial score (nSPS) is 24.4. The molecule has 0 bridgehead atoms. The summed E-state index contributed by atoms with van der Waals surface area (Å²) in [5.74, 6) is 0.0384. The second-order valence-electron chi connectivity index (χ2n) is 7.81. The first kappa shape index (κ1) is 17.2. The van der Waals surface area contributed by atoms with Crippen LogP contribution in [0.2, 0.25) is 0 Å². The number of imidazole rings is 1. The van der Waals surface area contributed by atoms with Gasteiger partial charge in [0, 0.05) is 51.5 Å². The summed E-state index contributed by atoms with van der Waals surface area (Å²) < 4.78 is 7.50. The van der Waals surface area contributed by atoms with Crippen molar-refractivity contribution in [3.63, 3.8) is 0 Å². The van der Waals surface area contributed by atoms with E-state index in [1.807, 2.05) is 29.3 Å². The summed E-state index contributed by atoms with van der Waals surface area (Å²) in [7, 11) is 0. The minimum absolute atomic E-state index is 0.0384. The summed E-state index contributed by atoms with van der Waals surface area (Å²) >= 11 is 0. The monoisotopic (exact) mass is 369 g/mol. The molecule has 1 atom stereocenters. The van der Waals surface area contributed by atoms with E-state index >= 15 is 0 Å². The number of carbonyl (C=O) groups excluding carboxylic acids is 1. The molecule has 1 unspecified atom stereocenters. The summed E-state index contributed by atoms with van der Waals surface area (Å²) in [5.41, 5.74) is 2.48. The molecule has 7 heteroatoms. The number of rotatable bonds is 3. The van der Waals surface area contributed by atoms with E-state index in [9.17, 15) is 4.79 Å². The van der Waals surface area contributed by atoms with Crippen LogP contribution in [0, 0.1) is 0 Å². The molecule has 2 aromatic heterocycles. The van der Waals surface area contributed by atoms with Gasteiger partial charge in [0.05, 0.1) is 18.9 Å². The lowest BCUT2D eigenvalue weighted by molar-refractivity contribution is 0.0297. The number of fused-ring (bicyclic) bond motifs is 2. The van der Waals surface area contributed by atoms with Gasteiger partial charge >= 0.3 is 0 Å². The van der Waals surface area contributed by atoms with Gasteiger partial charge in [-0.1, -0.05) is 6.07 Å². The van der Waals surface area contributed by atoms with E-state index in [4.69, 9.17) is 9.72 Å². The smallest absolute Gasteiger partial charge is 0.274 e. The molecule has 3 saturated heterocycles. The Kier molecular flexibility index (Phi) is 4.59. The van der Waals surface area contributed by atoms with Gasteiger partial charge in [0.2, 0.25) is 0 Å². The maximum atomic E-state index is 13.2. The van der Waals surface area contributed by atoms with Crippen molar-refractivity contribution in [3.8, 4) is 0 Å². The molecule has 3 fully saturated rings. The predicted molar refractivity (Wildman–Crippen MR) is 102 cm³/mol. The lowest BCUT2D eigenvalue weighted by atomic mass is 10.1. The second-order valence-corrected chi connectivity index (χ2v) is 7.81. The molecule has 1 amide bonds. The third kappa shape index (κ3) is 3.24. The van der Waals surface area contributed by atoms with Crippen LogP contribution in [0.5, 0.6) is 0 Å². The Morgan fingerprint density at radius 3 is 2.93 bits per heavy atom. The Morgan fingerprint density at radius 2 is 2.04 bits per heavy atom. The lowest BCUT2D eigenvalue weighted by Crippen LogP contribution is -2.49. The standard InChI is InChI=1S/C20H27N5O2/c26-20(24-10-12-27-13-11-24)19-17(25-7-2-1-5-18(25)21-19)15-22-8-9-23-6-3-4-16(23)14-22/h1-2,5,7,16H,3-4,6,8-15H2. The molecule has 3 aliphatic heterocycles. The van der Waals surface area contributed by atoms with Gasteiger partial charge < -0.3 is 14.0 Å². The Morgan fingerprint density at radius 1 is 1.15 bits per heavy atom. The molecule has 0 spiro atoms. The van der Waals surface area contributed by atoms with Gasteiger partial charge in [-0.15, -0.1) is 0 Å². The van der Waals surface area contributed by atoms with E-state index in [2.05, 4.69) is 14.2 Å². The number of morpholine rings is 1. The Labute approximate surface area is 159 Å². The molecule has 0 saturated carbocycles. The largest absolute Gasteiger partial charge is 0.378 e. The van der Waals surface area contributed by atoms with E-state index in [0.717, 1.165) is 37.5 Å². The van der Waals surface area contributed by atoms with Crippen molar-refractivity contribution < 1.29 is 9.53 Å². The van der Waals surface area contributed by atoms with Crippen molar-refractivity contribution in [1.29, 1.82) is 0 Å². The minimum Gasteiger partial charge on any atom is -0.378 e. The molecular weight excluding hydrogens is 342 g/mol. The van der Waals surface area contributed by atoms with Crippen LogP contribution in [0.1, 0.15) is 29.0 Å². The van der Waals surface area contributed by atoms with Crippen molar-refractivity contribution in [2.24, 2.45) is 0 Å². The van der Waals surface area contributed by atoms with Crippen LogP contribution in [-0.4, -0.2) is 88.5 Å². The van der Waals surface area contributed by atoms with Gasteiger partial charge in [-0.05, 0) is 31.5 Å². The summed E-state index contributed by atoms with van der Waals surface area (Å²) in [6, 6.07) is 6.65. The van der Waals surface area contributed by atoms with Gasteiger partial charge in [0.1, 0.15) is 5.65 Å². The molecule has 0 N–H and O–H groups in total. The molecule has 5 heterocycles. The molecule has 27 heavy (non-hydrogen) atoms. The van der Waals surface area contributed by atoms with Crippen molar-refractivity contribution in [3.05, 3.63) is 35.8 Å². The fourth-order valence-corrected chi connectivity index (χ4v) is 4.70. The van der Waals surface area contributed by atoms with E-state index in [1.54, 1.807) is 0 Å². The van der Waals surface area contributed by atoms with Crippen molar-refractivity contribution in [2.75, 3.05) is 52.5 Å². The Hall–Kier alpha value is -1.96. The molecule has 0 radical (unpaired) electrons. The molecule has 5 rings (SSSR count). The van der Waals surface area contributed by atoms with E-state index in [-0.39, 0.29) is 5.91 Å². The summed E-state index contributed by atoms with van der Waals surface area (Å²) in [5, 5.41) is 0. The first-order valence-electron chi connectivity index (χ1n) is 10.1. The fourth-order valence-electron chi connectivity index (χ4n) is 4.70. The van der Waals surface area contributed by atoms with Crippen LogP contribution in [0.15, 0.2) is 24.4 Å². The number of pyridine rings is 1. The number of nitrogens with zero attached hydrogens (tertiary/aromatic N) is 5. The molecule has 0 aromatic carbocycles. The number of hydrogen-bond donors (Lipinski definition) is 0. The molecule has 7 nitrogen and oxygen atoms in total. The van der Waals surface area contributed by atoms with Crippen molar-refractivity contribution in [1.82, 2.24) is 24.1 Å². The second kappa shape index (κ2) is 7.22. The maximum Gasteiger partial charge on any atom is 0.274 e. The highest BCUT2D eigenvalue weighted by molar-refractivity contribution is 5.94. The molecule has 2 aromatic rings. The van der Waals surface area contributed by atoms with Crippen LogP contribution in [-0.2, 0) is 11.3 Å². The van der Waals surface area contributed by atoms with Gasteiger partial charge in [0.15, 0.2) is 5.69 Å². The van der Waals surface area contributed by atoms with Gasteiger partial charge in [-0.3, -0.25) is 14.6 Å². The van der Waals surface area contributed by atoms with Gasteiger partial charge in [-0.2, -0.15) is 0 Å². The zero-order valence-electron chi connectivity index (χ0n) is 15.7. The molecule has 144 valence electrons. The molecular formula is C20H27N5O2. The third-order valence-corrected chi connectivity index (χ3v) is 6.17. The Balaban J connectivity index is 1.44. The van der Waals surface area contributed by atoms with Crippen LogP contribution in [0.25, 0.3) is 5.65 Å². The summed E-state index contributed by atoms with van der Waals surface area (Å²) in [4.78, 5) is 24.9. The zero-order valence-corrected chi connectivity index (χ0v) is 15.7. The highest BCUT2D eigenvalue weighted by Crippen LogP contribution is 2.24. The first-order chi connectivity index (χ1) is 13.3. The average molecular weight is 369 g/mol. The maximum absolute atomic E-state index is 13.2. The average Bonchev–Trinajstić information content (AvgIpc) is 3.33. The van der Waals surface area contributed by atoms with Crippen molar-refractivity contribution in [2.45, 2.75) is 25.4 Å². The SMILES string of the molecule is O=C(c1nc2ccccn2c1CN1CCN2CCCC2C1)N1CCOCC1. The highest BCUT2D eigenvalue weighted by atomic mass is 16.5. The van der Waals surface area contributed by atoms with Crippen LogP contribution < -0.4 is 0 Å². The zero-order chi connectivity index (χ0) is 18.2. The van der Waals surface area contributed by atoms with E-state index in [1.165, 1.54) is 19.4 Å². The topological polar surface area (TPSA) is 53.3 Å². The highest BCUT2D eigenvalue weighted by Gasteiger charge is 2.32. The predicted octanol–water partition coefficient (Wildman–Crippen LogP) is 1.09. The number of hydrogen-bond acceptors (Lipinski definition) is 5. The minimum atomic E-state index is 0.0384. The third-order valence-electron chi connectivity index (χ3n) is 6.17. The van der Waals surface area contributed by atoms with Crippen LogP contribution in [0.3, 0.4) is 0 Å². The summed E-state index contributed by atoms with van der Waals surface area (Å²) in [6.07, 6.45) is 4.64. The number of aromatic nitrogens is 2. The van der Waals surface area contributed by atoms with Gasteiger partial charge in [-0.25, -0.2) is 4.98 Å². The molecule has 0 aliphatic carbocycles. The quantitative estimate of drug-likeness (QED) is 0.811. The number of carbonyl (C=O) groups is 1. The lowest BCUT2D eigenvalue weighted by Gasteiger charge is -2.37. The van der Waals surface area contributed by atoms with Crippen LogP contribution >= 0.6 is 0 Å². The van der Waals surface area contributed by atoms with Crippen molar-refractivity contribution >= 4 is 11.6 Å². The fraction of sp³-hybridized carbons (Fsp3) is 0.600. The molecule has 3 aliphatic rings. The van der Waals surface area contributed by atoms with Crippen LogP contribution in [0.4, 0.5) is 0 Å². The Bertz CT molecular complexity index is 829. The first-order valence-corrected chi connectivity index (χ1v) is 10.1. The van der Waals surface area contributed by atoms with Gasteiger partial charge in [0.25, 0.3) is 5.91 Å².